The van der Waals surface area contributed by atoms with Crippen molar-refractivity contribution in [3.8, 4) is 0 Å². The molecule has 1 aliphatic rings. The molecule has 1 unspecified atom stereocenters. The lowest BCUT2D eigenvalue weighted by Gasteiger charge is -2.14. The van der Waals surface area contributed by atoms with E-state index in [1.807, 2.05) is 47.4 Å². The lowest BCUT2D eigenvalue weighted by molar-refractivity contribution is 0.375. The molecule has 5 N–H and O–H groups in total. The van der Waals surface area contributed by atoms with Crippen LogP contribution in [0.2, 0.25) is 0 Å². The number of nitrogens with zero attached hydrogens (tertiary/aromatic N) is 3. The van der Waals surface area contributed by atoms with Crippen LogP contribution in [-0.2, 0) is 0 Å². The molecule has 20 heavy (non-hydrogen) atoms. The van der Waals surface area contributed by atoms with Crippen LogP contribution in [0.3, 0.4) is 0 Å². The Balaban J connectivity index is 1.87. The first-order chi connectivity index (χ1) is 9.80. The third-order valence-electron chi connectivity index (χ3n) is 2.92. The summed E-state index contributed by atoms with van der Waals surface area (Å²) in [6.07, 6.45) is 3.98. The van der Waals surface area contributed by atoms with Gasteiger partial charge in [0, 0.05) is 0 Å². The molecule has 0 bridgehead atoms. The predicted molar refractivity (Wildman–Crippen MR) is 72.5 cm³/mol. The Kier molecular flexibility index (Phi) is 3.15. The molecule has 8 nitrogen and oxygen atoms in total. The SMILES string of the molecule is ONc1nc(NO)nc(NC2C=Cc3ccccc32)n1. The second kappa shape index (κ2) is 5.11. The third kappa shape index (κ3) is 2.25. The molecule has 1 atom stereocenters. The van der Waals surface area contributed by atoms with Gasteiger partial charge in [-0.05, 0) is 11.1 Å². The lowest BCUT2D eigenvalue weighted by Crippen LogP contribution is -2.12. The molecule has 0 saturated carbocycles. The van der Waals surface area contributed by atoms with Crippen molar-refractivity contribution in [2.45, 2.75) is 6.04 Å². The van der Waals surface area contributed by atoms with Crippen molar-refractivity contribution in [3.05, 3.63) is 41.5 Å². The second-order valence-corrected chi connectivity index (χ2v) is 4.14. The van der Waals surface area contributed by atoms with E-state index in [0.29, 0.717) is 0 Å². The van der Waals surface area contributed by atoms with Gasteiger partial charge in [-0.25, -0.2) is 11.0 Å². The zero-order chi connectivity index (χ0) is 13.9. The van der Waals surface area contributed by atoms with Crippen molar-refractivity contribution in [2.75, 3.05) is 16.3 Å². The largest absolute Gasteiger partial charge is 0.344 e. The van der Waals surface area contributed by atoms with E-state index in [2.05, 4.69) is 20.3 Å². The predicted octanol–water partition coefficient (Wildman–Crippen LogP) is 1.65. The monoisotopic (exact) mass is 272 g/mol. The maximum Gasteiger partial charge on any atom is 0.253 e. The van der Waals surface area contributed by atoms with E-state index < -0.39 is 0 Å². The van der Waals surface area contributed by atoms with Crippen LogP contribution in [0.5, 0.6) is 0 Å². The van der Waals surface area contributed by atoms with Crippen molar-refractivity contribution in [1.82, 2.24) is 15.0 Å². The van der Waals surface area contributed by atoms with Crippen LogP contribution >= 0.6 is 0 Å². The maximum absolute atomic E-state index is 8.85. The van der Waals surface area contributed by atoms with Crippen LogP contribution in [0.4, 0.5) is 17.8 Å². The highest BCUT2D eigenvalue weighted by Crippen LogP contribution is 2.30. The highest BCUT2D eigenvalue weighted by molar-refractivity contribution is 5.64. The zero-order valence-electron chi connectivity index (χ0n) is 10.3. The molecule has 0 fully saturated rings. The summed E-state index contributed by atoms with van der Waals surface area (Å²) >= 11 is 0. The number of fused-ring (bicyclic) bond motifs is 1. The Labute approximate surface area is 114 Å². The van der Waals surface area contributed by atoms with Crippen LogP contribution in [0.15, 0.2) is 30.3 Å². The van der Waals surface area contributed by atoms with E-state index in [0.717, 1.165) is 11.1 Å². The standard InChI is InChI=1S/C12H12N6O2/c19-17-11-14-10(15-12(16-11)18-20)13-9-6-5-7-3-1-2-4-8(7)9/h1-6,9,19-20H,(H3,13,14,15,16,17,18). The molecule has 1 aromatic heterocycles. The summed E-state index contributed by atoms with van der Waals surface area (Å²) in [5.41, 5.74) is 5.86. The van der Waals surface area contributed by atoms with Gasteiger partial charge < -0.3 is 5.32 Å². The molecule has 1 heterocycles. The molecule has 0 spiro atoms. The molecule has 1 aromatic carbocycles. The molecule has 0 radical (unpaired) electrons. The molecular weight excluding hydrogens is 260 g/mol. The number of rotatable bonds is 4. The summed E-state index contributed by atoms with van der Waals surface area (Å²) in [5, 5.41) is 20.8. The summed E-state index contributed by atoms with van der Waals surface area (Å²) in [6, 6.07) is 7.87. The van der Waals surface area contributed by atoms with Gasteiger partial charge in [-0.3, -0.25) is 10.4 Å². The van der Waals surface area contributed by atoms with E-state index in [-0.39, 0.29) is 23.9 Å². The molecule has 0 amide bonds. The zero-order valence-corrected chi connectivity index (χ0v) is 10.3. The van der Waals surface area contributed by atoms with Crippen LogP contribution in [0.1, 0.15) is 17.2 Å². The summed E-state index contributed by atoms with van der Waals surface area (Å²) in [5.74, 6) is 0.0723. The molecule has 1 aliphatic carbocycles. The average molecular weight is 272 g/mol. The Bertz CT molecular complexity index is 638. The number of hydrogen-bond acceptors (Lipinski definition) is 8. The topological polar surface area (TPSA) is 115 Å². The van der Waals surface area contributed by atoms with Crippen molar-refractivity contribution in [1.29, 1.82) is 0 Å². The highest BCUT2D eigenvalue weighted by Gasteiger charge is 2.18. The van der Waals surface area contributed by atoms with Crippen LogP contribution < -0.4 is 16.3 Å². The minimum absolute atomic E-state index is 0.0747. The van der Waals surface area contributed by atoms with Crippen molar-refractivity contribution >= 4 is 23.9 Å². The Morgan fingerprint density at radius 2 is 1.55 bits per heavy atom. The second-order valence-electron chi connectivity index (χ2n) is 4.14. The Morgan fingerprint density at radius 3 is 2.25 bits per heavy atom. The minimum Gasteiger partial charge on any atom is -0.344 e. The van der Waals surface area contributed by atoms with E-state index in [1.165, 1.54) is 0 Å². The number of anilines is 3. The quantitative estimate of drug-likeness (QED) is 0.534. The molecule has 0 aliphatic heterocycles. The Morgan fingerprint density at radius 1 is 0.900 bits per heavy atom. The molecular formula is C12H12N6O2. The fourth-order valence-electron chi connectivity index (χ4n) is 2.05. The van der Waals surface area contributed by atoms with E-state index in [1.54, 1.807) is 0 Å². The first-order valence-corrected chi connectivity index (χ1v) is 5.90. The van der Waals surface area contributed by atoms with Crippen LogP contribution in [-0.4, -0.2) is 25.4 Å². The molecule has 102 valence electrons. The van der Waals surface area contributed by atoms with Gasteiger partial charge in [0.2, 0.25) is 5.95 Å². The molecule has 2 aromatic rings. The van der Waals surface area contributed by atoms with E-state index in [4.69, 9.17) is 10.4 Å². The molecule has 0 saturated heterocycles. The van der Waals surface area contributed by atoms with Crippen molar-refractivity contribution in [2.24, 2.45) is 0 Å². The third-order valence-corrected chi connectivity index (χ3v) is 2.92. The first kappa shape index (κ1) is 12.3. The number of aromatic nitrogens is 3. The van der Waals surface area contributed by atoms with E-state index in [9.17, 15) is 0 Å². The lowest BCUT2D eigenvalue weighted by atomic mass is 10.1. The van der Waals surface area contributed by atoms with Gasteiger partial charge in [-0.1, -0.05) is 36.4 Å². The van der Waals surface area contributed by atoms with Gasteiger partial charge in [0.1, 0.15) is 0 Å². The molecule has 8 heteroatoms. The van der Waals surface area contributed by atoms with E-state index >= 15 is 0 Å². The summed E-state index contributed by atoms with van der Waals surface area (Å²) in [4.78, 5) is 11.6. The fourth-order valence-corrected chi connectivity index (χ4v) is 2.05. The Hall–Kier alpha value is -2.71. The first-order valence-electron chi connectivity index (χ1n) is 5.90. The van der Waals surface area contributed by atoms with Gasteiger partial charge in [0.15, 0.2) is 0 Å². The van der Waals surface area contributed by atoms with Gasteiger partial charge in [0.05, 0.1) is 6.04 Å². The number of nitrogens with one attached hydrogen (secondary N) is 3. The van der Waals surface area contributed by atoms with Gasteiger partial charge >= 0.3 is 0 Å². The fraction of sp³-hybridized carbons (Fsp3) is 0.0833. The maximum atomic E-state index is 8.85. The smallest absolute Gasteiger partial charge is 0.253 e. The summed E-state index contributed by atoms with van der Waals surface area (Å²) in [7, 11) is 0. The number of benzene rings is 1. The summed E-state index contributed by atoms with van der Waals surface area (Å²) in [6.45, 7) is 0. The minimum atomic E-state index is -0.0771. The van der Waals surface area contributed by atoms with Crippen LogP contribution in [0, 0.1) is 0 Å². The average Bonchev–Trinajstić information content (AvgIpc) is 2.90. The normalized spacial score (nSPS) is 15.8. The van der Waals surface area contributed by atoms with Crippen molar-refractivity contribution < 1.29 is 10.4 Å². The highest BCUT2D eigenvalue weighted by atomic mass is 16.5. The van der Waals surface area contributed by atoms with Gasteiger partial charge in [0.25, 0.3) is 11.9 Å². The molecule has 3 rings (SSSR count). The number of hydrogen-bond donors (Lipinski definition) is 5. The van der Waals surface area contributed by atoms with Gasteiger partial charge in [-0.15, -0.1) is 0 Å². The van der Waals surface area contributed by atoms with Gasteiger partial charge in [-0.2, -0.15) is 15.0 Å². The summed E-state index contributed by atoms with van der Waals surface area (Å²) < 4.78 is 0. The van der Waals surface area contributed by atoms with Crippen LogP contribution in [0.25, 0.3) is 6.08 Å². The van der Waals surface area contributed by atoms with Crippen molar-refractivity contribution in [3.63, 3.8) is 0 Å².